The van der Waals surface area contributed by atoms with E-state index in [1.165, 1.54) is 11.1 Å². The summed E-state index contributed by atoms with van der Waals surface area (Å²) in [6.07, 6.45) is 2.72. The Hall–Kier alpha value is -1.28. The molecule has 0 radical (unpaired) electrons. The second-order valence-electron chi connectivity index (χ2n) is 3.34. The highest BCUT2D eigenvalue weighted by Gasteiger charge is 2.12. The third-order valence-corrected chi connectivity index (χ3v) is 2.31. The standard InChI is InChI=1S/C11H12O2/c1-7-5-9-3-4-11(12)13-10(9)6-8(7)2/h3-6,11-12H,1-2H3. The second-order valence-corrected chi connectivity index (χ2v) is 3.34. The van der Waals surface area contributed by atoms with Gasteiger partial charge in [-0.15, -0.1) is 0 Å². The Morgan fingerprint density at radius 2 is 1.92 bits per heavy atom. The van der Waals surface area contributed by atoms with Crippen LogP contribution in [0.3, 0.4) is 0 Å². The number of hydrogen-bond acceptors (Lipinski definition) is 2. The average Bonchev–Trinajstić information content (AvgIpc) is 2.08. The molecule has 1 atom stereocenters. The predicted molar refractivity (Wildman–Crippen MR) is 51.6 cm³/mol. The lowest BCUT2D eigenvalue weighted by Crippen LogP contribution is -2.15. The van der Waals surface area contributed by atoms with Gasteiger partial charge < -0.3 is 9.84 Å². The van der Waals surface area contributed by atoms with Crippen LogP contribution in [0.25, 0.3) is 6.08 Å². The normalized spacial score (nSPS) is 19.5. The molecule has 0 fully saturated rings. The Balaban J connectivity index is 2.52. The molecule has 0 bridgehead atoms. The van der Waals surface area contributed by atoms with Gasteiger partial charge in [-0.2, -0.15) is 0 Å². The summed E-state index contributed by atoms with van der Waals surface area (Å²) in [5.41, 5.74) is 3.46. The van der Waals surface area contributed by atoms with Gasteiger partial charge in [0.15, 0.2) is 0 Å². The quantitative estimate of drug-likeness (QED) is 0.655. The third-order valence-electron chi connectivity index (χ3n) is 2.31. The highest BCUT2D eigenvalue weighted by atomic mass is 16.6. The van der Waals surface area contributed by atoms with Crippen LogP contribution in [0.5, 0.6) is 5.75 Å². The zero-order valence-corrected chi connectivity index (χ0v) is 7.74. The van der Waals surface area contributed by atoms with Gasteiger partial charge in [0.2, 0.25) is 6.29 Å². The van der Waals surface area contributed by atoms with E-state index in [2.05, 4.69) is 13.0 Å². The summed E-state index contributed by atoms with van der Waals surface area (Å²) in [7, 11) is 0. The molecule has 1 aromatic carbocycles. The molecule has 13 heavy (non-hydrogen) atoms. The lowest BCUT2D eigenvalue weighted by atomic mass is 10.0. The van der Waals surface area contributed by atoms with Crippen molar-refractivity contribution in [1.29, 1.82) is 0 Å². The lowest BCUT2D eigenvalue weighted by Gasteiger charge is -2.18. The zero-order chi connectivity index (χ0) is 9.42. The van der Waals surface area contributed by atoms with Gasteiger partial charge in [0.05, 0.1) is 0 Å². The molecule has 0 saturated carbocycles. The minimum Gasteiger partial charge on any atom is -0.461 e. The fourth-order valence-corrected chi connectivity index (χ4v) is 1.40. The van der Waals surface area contributed by atoms with Crippen LogP contribution in [0.1, 0.15) is 16.7 Å². The summed E-state index contributed by atoms with van der Waals surface area (Å²) < 4.78 is 5.24. The molecule has 1 N–H and O–H groups in total. The van der Waals surface area contributed by atoms with E-state index < -0.39 is 6.29 Å². The van der Waals surface area contributed by atoms with Crippen molar-refractivity contribution in [1.82, 2.24) is 0 Å². The molecular formula is C11H12O2. The number of aliphatic hydroxyl groups is 1. The predicted octanol–water partition coefficient (Wildman–Crippen LogP) is 2.03. The summed E-state index contributed by atoms with van der Waals surface area (Å²) in [6.45, 7) is 4.10. The number of fused-ring (bicyclic) bond motifs is 1. The van der Waals surface area contributed by atoms with E-state index in [-0.39, 0.29) is 0 Å². The van der Waals surface area contributed by atoms with E-state index in [9.17, 15) is 5.11 Å². The van der Waals surface area contributed by atoms with Crippen molar-refractivity contribution in [2.45, 2.75) is 20.1 Å². The number of ether oxygens (including phenoxy) is 1. The summed E-state index contributed by atoms with van der Waals surface area (Å²) in [5, 5.41) is 9.21. The molecule has 1 aromatic rings. The number of hydrogen-bond donors (Lipinski definition) is 1. The van der Waals surface area contributed by atoms with E-state index in [0.29, 0.717) is 0 Å². The molecule has 0 saturated heterocycles. The van der Waals surface area contributed by atoms with Crippen LogP contribution in [0.2, 0.25) is 0 Å². The van der Waals surface area contributed by atoms with E-state index in [1.54, 1.807) is 6.08 Å². The van der Waals surface area contributed by atoms with Crippen LogP contribution < -0.4 is 4.74 Å². The van der Waals surface area contributed by atoms with Gasteiger partial charge >= 0.3 is 0 Å². The molecule has 2 rings (SSSR count). The summed E-state index contributed by atoms with van der Waals surface area (Å²) in [5.74, 6) is 0.762. The van der Waals surface area contributed by atoms with Crippen molar-refractivity contribution >= 4 is 6.08 Å². The summed E-state index contributed by atoms with van der Waals surface area (Å²) in [6, 6.07) is 4.02. The maximum absolute atomic E-state index is 9.21. The monoisotopic (exact) mass is 176 g/mol. The molecule has 68 valence electrons. The maximum atomic E-state index is 9.21. The van der Waals surface area contributed by atoms with Gasteiger partial charge in [-0.05, 0) is 49.3 Å². The van der Waals surface area contributed by atoms with Crippen molar-refractivity contribution in [2.75, 3.05) is 0 Å². The molecule has 1 unspecified atom stereocenters. The molecule has 0 amide bonds. The smallest absolute Gasteiger partial charge is 0.217 e. The van der Waals surface area contributed by atoms with Crippen LogP contribution in [-0.4, -0.2) is 11.4 Å². The minimum atomic E-state index is -0.797. The second kappa shape index (κ2) is 2.89. The summed E-state index contributed by atoms with van der Waals surface area (Å²) >= 11 is 0. The van der Waals surface area contributed by atoms with Gasteiger partial charge in [-0.1, -0.05) is 0 Å². The molecule has 0 aliphatic carbocycles. The Kier molecular flexibility index (Phi) is 1.85. The largest absolute Gasteiger partial charge is 0.461 e. The molecule has 2 nitrogen and oxygen atoms in total. The van der Waals surface area contributed by atoms with Crippen LogP contribution in [0, 0.1) is 13.8 Å². The first-order valence-corrected chi connectivity index (χ1v) is 4.31. The Morgan fingerprint density at radius 3 is 2.69 bits per heavy atom. The first kappa shape index (κ1) is 8.32. The molecular weight excluding hydrogens is 164 g/mol. The van der Waals surface area contributed by atoms with Crippen molar-refractivity contribution in [3.8, 4) is 5.75 Å². The van der Waals surface area contributed by atoms with E-state index in [4.69, 9.17) is 4.74 Å². The Labute approximate surface area is 77.5 Å². The minimum absolute atomic E-state index is 0.762. The van der Waals surface area contributed by atoms with Crippen molar-refractivity contribution in [3.63, 3.8) is 0 Å². The van der Waals surface area contributed by atoms with Gasteiger partial charge in [0.1, 0.15) is 5.75 Å². The Bertz CT molecular complexity index is 367. The average molecular weight is 176 g/mol. The van der Waals surface area contributed by atoms with Crippen LogP contribution in [0.15, 0.2) is 18.2 Å². The fourth-order valence-electron chi connectivity index (χ4n) is 1.40. The first-order valence-electron chi connectivity index (χ1n) is 4.31. The van der Waals surface area contributed by atoms with Crippen molar-refractivity contribution in [2.24, 2.45) is 0 Å². The third kappa shape index (κ3) is 1.45. The highest BCUT2D eigenvalue weighted by Crippen LogP contribution is 2.28. The van der Waals surface area contributed by atoms with Gasteiger partial charge in [-0.3, -0.25) is 0 Å². The highest BCUT2D eigenvalue weighted by molar-refractivity contribution is 5.61. The number of benzene rings is 1. The fraction of sp³-hybridized carbons (Fsp3) is 0.273. The molecule has 0 spiro atoms. The number of aryl methyl sites for hydroxylation is 2. The van der Waals surface area contributed by atoms with Crippen LogP contribution in [-0.2, 0) is 0 Å². The van der Waals surface area contributed by atoms with Gasteiger partial charge in [0.25, 0.3) is 0 Å². The molecule has 2 heteroatoms. The van der Waals surface area contributed by atoms with Crippen LogP contribution >= 0.6 is 0 Å². The maximum Gasteiger partial charge on any atom is 0.217 e. The van der Waals surface area contributed by atoms with Gasteiger partial charge in [-0.25, -0.2) is 0 Å². The van der Waals surface area contributed by atoms with E-state index in [1.807, 2.05) is 19.1 Å². The number of rotatable bonds is 0. The van der Waals surface area contributed by atoms with Crippen molar-refractivity contribution < 1.29 is 9.84 Å². The molecule has 1 aliphatic heterocycles. The zero-order valence-electron chi connectivity index (χ0n) is 7.74. The lowest BCUT2D eigenvalue weighted by molar-refractivity contribution is 0.0230. The van der Waals surface area contributed by atoms with Gasteiger partial charge in [0, 0.05) is 5.56 Å². The number of aliphatic hydroxyl groups excluding tert-OH is 1. The van der Waals surface area contributed by atoms with E-state index >= 15 is 0 Å². The Morgan fingerprint density at radius 1 is 1.23 bits per heavy atom. The van der Waals surface area contributed by atoms with Crippen molar-refractivity contribution in [3.05, 3.63) is 34.9 Å². The molecule has 0 aromatic heterocycles. The summed E-state index contributed by atoms with van der Waals surface area (Å²) in [4.78, 5) is 0. The SMILES string of the molecule is Cc1cc2c(cc1C)OC(O)C=C2. The molecule has 1 aliphatic rings. The van der Waals surface area contributed by atoms with Crippen LogP contribution in [0.4, 0.5) is 0 Å². The first-order chi connectivity index (χ1) is 6.16. The topological polar surface area (TPSA) is 29.5 Å². The van der Waals surface area contributed by atoms with E-state index in [0.717, 1.165) is 11.3 Å². The molecule has 1 heterocycles.